The minimum atomic E-state index is -0.347. The van der Waals surface area contributed by atoms with Crippen LogP contribution in [0, 0.1) is 6.92 Å². The largest absolute Gasteiger partial charge is 0.445 e. The summed E-state index contributed by atoms with van der Waals surface area (Å²) in [6.45, 7) is 9.27. The van der Waals surface area contributed by atoms with Crippen LogP contribution >= 0.6 is 0 Å². The van der Waals surface area contributed by atoms with Crippen molar-refractivity contribution in [3.63, 3.8) is 0 Å². The SMILES string of the molecule is CC(=O)N(C(=O)CCc1oc(C(C)(C)C)nc1C)c1cccc(N)c1. The van der Waals surface area contributed by atoms with Crippen molar-refractivity contribution >= 4 is 23.2 Å². The Balaban J connectivity index is 2.15. The highest BCUT2D eigenvalue weighted by Crippen LogP contribution is 2.25. The quantitative estimate of drug-likeness (QED) is 0.860. The molecule has 6 heteroatoms. The van der Waals surface area contributed by atoms with Gasteiger partial charge in [0.25, 0.3) is 0 Å². The van der Waals surface area contributed by atoms with Crippen molar-refractivity contribution in [3.8, 4) is 0 Å². The number of nitrogens with two attached hydrogens (primary N) is 1. The van der Waals surface area contributed by atoms with Crippen LogP contribution in [0.15, 0.2) is 28.7 Å². The van der Waals surface area contributed by atoms with Gasteiger partial charge in [-0.15, -0.1) is 0 Å². The Morgan fingerprint density at radius 3 is 2.48 bits per heavy atom. The van der Waals surface area contributed by atoms with E-state index in [0.29, 0.717) is 29.4 Å². The lowest BCUT2D eigenvalue weighted by Gasteiger charge is -2.19. The standard InChI is InChI=1S/C19H25N3O3/c1-12-16(25-18(21-12)19(3,4)5)9-10-17(24)22(13(2)23)15-8-6-7-14(20)11-15/h6-8,11H,9-10,20H2,1-5H3. The van der Waals surface area contributed by atoms with E-state index in [4.69, 9.17) is 10.2 Å². The van der Waals surface area contributed by atoms with Gasteiger partial charge >= 0.3 is 0 Å². The molecule has 2 rings (SSSR count). The minimum Gasteiger partial charge on any atom is -0.445 e. The van der Waals surface area contributed by atoms with Crippen molar-refractivity contribution in [2.24, 2.45) is 0 Å². The number of nitrogens with zero attached hydrogens (tertiary/aromatic N) is 2. The minimum absolute atomic E-state index is 0.147. The summed E-state index contributed by atoms with van der Waals surface area (Å²) in [5.74, 6) is 0.674. The van der Waals surface area contributed by atoms with E-state index >= 15 is 0 Å². The Hall–Kier alpha value is -2.63. The second-order valence-corrected chi connectivity index (χ2v) is 7.12. The molecule has 0 bridgehead atoms. The first-order valence-corrected chi connectivity index (χ1v) is 8.25. The Labute approximate surface area is 148 Å². The predicted octanol–water partition coefficient (Wildman–Crippen LogP) is 3.38. The fraction of sp³-hybridized carbons (Fsp3) is 0.421. The molecule has 2 aromatic rings. The van der Waals surface area contributed by atoms with E-state index in [0.717, 1.165) is 10.6 Å². The van der Waals surface area contributed by atoms with Gasteiger partial charge in [-0.25, -0.2) is 4.98 Å². The fourth-order valence-corrected chi connectivity index (χ4v) is 2.48. The summed E-state index contributed by atoms with van der Waals surface area (Å²) in [5.41, 5.74) is 7.30. The van der Waals surface area contributed by atoms with Gasteiger partial charge in [0.1, 0.15) is 5.76 Å². The summed E-state index contributed by atoms with van der Waals surface area (Å²) >= 11 is 0. The van der Waals surface area contributed by atoms with Gasteiger partial charge < -0.3 is 10.2 Å². The summed E-state index contributed by atoms with van der Waals surface area (Å²) < 4.78 is 5.81. The lowest BCUT2D eigenvalue weighted by Crippen LogP contribution is -2.35. The predicted molar refractivity (Wildman–Crippen MR) is 97.3 cm³/mol. The number of amides is 2. The molecule has 0 radical (unpaired) electrons. The molecule has 0 saturated carbocycles. The molecule has 25 heavy (non-hydrogen) atoms. The maximum atomic E-state index is 12.6. The number of hydrogen-bond donors (Lipinski definition) is 1. The van der Waals surface area contributed by atoms with Gasteiger partial charge in [0.15, 0.2) is 5.89 Å². The molecule has 6 nitrogen and oxygen atoms in total. The molecule has 2 amide bonds. The van der Waals surface area contributed by atoms with Crippen molar-refractivity contribution in [1.82, 2.24) is 4.98 Å². The molecular formula is C19H25N3O3. The molecule has 1 aromatic heterocycles. The number of anilines is 2. The van der Waals surface area contributed by atoms with Gasteiger partial charge in [-0.2, -0.15) is 0 Å². The summed E-state index contributed by atoms with van der Waals surface area (Å²) in [7, 11) is 0. The molecule has 0 aliphatic heterocycles. The first-order chi connectivity index (χ1) is 11.6. The van der Waals surface area contributed by atoms with Crippen molar-refractivity contribution in [1.29, 1.82) is 0 Å². The van der Waals surface area contributed by atoms with E-state index in [2.05, 4.69) is 4.98 Å². The summed E-state index contributed by atoms with van der Waals surface area (Å²) in [6.07, 6.45) is 0.536. The lowest BCUT2D eigenvalue weighted by atomic mass is 9.97. The molecule has 134 valence electrons. The van der Waals surface area contributed by atoms with Crippen LogP contribution in [-0.2, 0) is 21.4 Å². The number of aromatic nitrogens is 1. The second kappa shape index (κ2) is 7.09. The summed E-state index contributed by atoms with van der Waals surface area (Å²) in [4.78, 5) is 30.1. The number of oxazole rings is 1. The Bertz CT molecular complexity index is 787. The average Bonchev–Trinajstić information content (AvgIpc) is 2.86. The number of carbonyl (C=O) groups is 2. The van der Waals surface area contributed by atoms with E-state index in [-0.39, 0.29) is 23.7 Å². The molecular weight excluding hydrogens is 318 g/mol. The number of imide groups is 1. The lowest BCUT2D eigenvalue weighted by molar-refractivity contribution is -0.125. The van der Waals surface area contributed by atoms with Gasteiger partial charge in [-0.3, -0.25) is 14.5 Å². The number of carbonyl (C=O) groups excluding carboxylic acids is 2. The monoisotopic (exact) mass is 343 g/mol. The van der Waals surface area contributed by atoms with Crippen LogP contribution < -0.4 is 10.6 Å². The third kappa shape index (κ3) is 4.47. The number of nitrogen functional groups attached to an aromatic ring is 1. The fourth-order valence-electron chi connectivity index (χ4n) is 2.48. The molecule has 0 saturated heterocycles. The van der Waals surface area contributed by atoms with E-state index in [1.807, 2.05) is 27.7 Å². The second-order valence-electron chi connectivity index (χ2n) is 7.12. The highest BCUT2D eigenvalue weighted by molar-refractivity contribution is 6.14. The van der Waals surface area contributed by atoms with Gasteiger partial charge in [0.2, 0.25) is 11.8 Å². The van der Waals surface area contributed by atoms with E-state index in [1.165, 1.54) is 6.92 Å². The van der Waals surface area contributed by atoms with Crippen LogP contribution in [0.1, 0.15) is 51.5 Å². The van der Waals surface area contributed by atoms with E-state index < -0.39 is 0 Å². The molecule has 2 N–H and O–H groups in total. The third-order valence-corrected chi connectivity index (χ3v) is 3.79. The maximum Gasteiger partial charge on any atom is 0.234 e. The van der Waals surface area contributed by atoms with Crippen LogP contribution in [0.3, 0.4) is 0 Å². The first kappa shape index (κ1) is 18.7. The Morgan fingerprint density at radius 1 is 1.28 bits per heavy atom. The average molecular weight is 343 g/mol. The molecule has 1 aromatic carbocycles. The van der Waals surface area contributed by atoms with Crippen molar-refractivity contribution in [2.75, 3.05) is 10.6 Å². The van der Waals surface area contributed by atoms with E-state index in [9.17, 15) is 9.59 Å². The van der Waals surface area contributed by atoms with E-state index in [1.54, 1.807) is 24.3 Å². The number of benzene rings is 1. The molecule has 0 spiro atoms. The Morgan fingerprint density at radius 2 is 1.96 bits per heavy atom. The molecule has 0 aliphatic rings. The third-order valence-electron chi connectivity index (χ3n) is 3.79. The topological polar surface area (TPSA) is 89.4 Å². The molecule has 0 fully saturated rings. The van der Waals surface area contributed by atoms with Gasteiger partial charge in [-0.05, 0) is 25.1 Å². The molecule has 1 heterocycles. The number of rotatable bonds is 4. The zero-order valence-corrected chi connectivity index (χ0v) is 15.4. The zero-order valence-electron chi connectivity index (χ0n) is 15.4. The van der Waals surface area contributed by atoms with Crippen LogP contribution in [0.25, 0.3) is 0 Å². The number of aryl methyl sites for hydroxylation is 2. The first-order valence-electron chi connectivity index (χ1n) is 8.25. The van der Waals surface area contributed by atoms with Gasteiger partial charge in [0, 0.05) is 30.9 Å². The van der Waals surface area contributed by atoms with Gasteiger partial charge in [0.05, 0.1) is 11.4 Å². The number of hydrogen-bond acceptors (Lipinski definition) is 5. The van der Waals surface area contributed by atoms with Crippen molar-refractivity contribution in [2.45, 2.75) is 52.9 Å². The van der Waals surface area contributed by atoms with Crippen molar-refractivity contribution < 1.29 is 14.0 Å². The van der Waals surface area contributed by atoms with Crippen LogP contribution in [-0.4, -0.2) is 16.8 Å². The smallest absolute Gasteiger partial charge is 0.234 e. The normalized spacial score (nSPS) is 11.4. The van der Waals surface area contributed by atoms with Crippen LogP contribution in [0.5, 0.6) is 0 Å². The van der Waals surface area contributed by atoms with Crippen LogP contribution in [0.4, 0.5) is 11.4 Å². The molecule has 0 unspecified atom stereocenters. The highest BCUT2D eigenvalue weighted by atomic mass is 16.4. The Kier molecular flexibility index (Phi) is 5.30. The van der Waals surface area contributed by atoms with Crippen LogP contribution in [0.2, 0.25) is 0 Å². The maximum absolute atomic E-state index is 12.6. The molecule has 0 atom stereocenters. The summed E-state index contributed by atoms with van der Waals surface area (Å²) in [6, 6.07) is 6.71. The van der Waals surface area contributed by atoms with Gasteiger partial charge in [-0.1, -0.05) is 26.8 Å². The zero-order chi connectivity index (χ0) is 18.8. The van der Waals surface area contributed by atoms with Crippen molar-refractivity contribution in [3.05, 3.63) is 41.6 Å². The molecule has 0 aliphatic carbocycles. The highest BCUT2D eigenvalue weighted by Gasteiger charge is 2.24. The summed E-state index contributed by atoms with van der Waals surface area (Å²) in [5, 5.41) is 0.